The lowest BCUT2D eigenvalue weighted by molar-refractivity contribution is -0.143. The van der Waals surface area contributed by atoms with Crippen LogP contribution in [0.1, 0.15) is 27.9 Å². The molecule has 0 heterocycles. The summed E-state index contributed by atoms with van der Waals surface area (Å²) >= 11 is 5.91. The molecule has 0 spiro atoms. The molecule has 2 aromatic carbocycles. The van der Waals surface area contributed by atoms with E-state index in [2.05, 4.69) is 10.6 Å². The maximum Gasteiger partial charge on any atom is 0.416 e. The Morgan fingerprint density at radius 3 is 2.10 bits per heavy atom. The molecule has 2 aromatic rings. The molecular formula is C19H17ClF6N2O2. The van der Waals surface area contributed by atoms with Crippen molar-refractivity contribution < 1.29 is 35.9 Å². The van der Waals surface area contributed by atoms with Gasteiger partial charge in [0.25, 0.3) is 5.91 Å². The summed E-state index contributed by atoms with van der Waals surface area (Å²) in [6, 6.07) is 5.73. The number of carbonyl (C=O) groups excluding carboxylic acids is 1. The highest BCUT2D eigenvalue weighted by Gasteiger charge is 2.37. The minimum absolute atomic E-state index is 0.0267. The first-order valence-electron chi connectivity index (χ1n) is 8.57. The molecule has 0 aliphatic rings. The van der Waals surface area contributed by atoms with Crippen molar-refractivity contribution in [3.63, 3.8) is 0 Å². The van der Waals surface area contributed by atoms with Gasteiger partial charge in [-0.3, -0.25) is 4.79 Å². The highest BCUT2D eigenvalue weighted by Crippen LogP contribution is 2.36. The Balaban J connectivity index is 1.96. The normalized spacial score (nSPS) is 11.9. The zero-order valence-electron chi connectivity index (χ0n) is 15.5. The number of benzene rings is 2. The van der Waals surface area contributed by atoms with E-state index in [0.717, 1.165) is 0 Å². The standard InChI is InChI=1S/C19H17ClF6N2O2/c1-30-16-10-14(3-4-15(16)20)27-5-2-6-28-17(29)11-7-12(18(21,22)23)9-13(8-11)19(24,25)26/h3-4,7-10,27H,2,5-6H2,1H3,(H,28,29). The fraction of sp³-hybridized carbons (Fsp3) is 0.316. The van der Waals surface area contributed by atoms with E-state index in [1.807, 2.05) is 0 Å². The Morgan fingerprint density at radius 1 is 0.967 bits per heavy atom. The van der Waals surface area contributed by atoms with Crippen molar-refractivity contribution in [1.82, 2.24) is 5.32 Å². The molecule has 0 saturated carbocycles. The zero-order valence-corrected chi connectivity index (χ0v) is 16.3. The predicted octanol–water partition coefficient (Wildman–Crippen LogP) is 5.62. The average Bonchev–Trinajstić information content (AvgIpc) is 2.67. The molecule has 4 nitrogen and oxygen atoms in total. The molecular weight excluding hydrogens is 438 g/mol. The molecule has 0 atom stereocenters. The third kappa shape index (κ3) is 6.45. The van der Waals surface area contributed by atoms with Gasteiger partial charge >= 0.3 is 12.4 Å². The highest BCUT2D eigenvalue weighted by molar-refractivity contribution is 6.32. The second kappa shape index (κ2) is 9.46. The summed E-state index contributed by atoms with van der Waals surface area (Å²) in [6.07, 6.45) is -9.67. The minimum atomic E-state index is -5.01. The molecule has 0 unspecified atom stereocenters. The fourth-order valence-corrected chi connectivity index (χ4v) is 2.68. The van der Waals surface area contributed by atoms with Crippen molar-refractivity contribution in [2.24, 2.45) is 0 Å². The molecule has 2 N–H and O–H groups in total. The summed E-state index contributed by atoms with van der Waals surface area (Å²) in [4.78, 5) is 12.1. The van der Waals surface area contributed by atoms with Crippen LogP contribution in [0.15, 0.2) is 36.4 Å². The fourth-order valence-electron chi connectivity index (χ4n) is 2.48. The van der Waals surface area contributed by atoms with Gasteiger partial charge in [-0.05, 0) is 36.8 Å². The number of nitrogens with one attached hydrogen (secondary N) is 2. The number of amides is 1. The molecule has 0 aromatic heterocycles. The summed E-state index contributed by atoms with van der Waals surface area (Å²) in [5.41, 5.74) is -3.11. The van der Waals surface area contributed by atoms with Crippen LogP contribution < -0.4 is 15.4 Å². The van der Waals surface area contributed by atoms with E-state index < -0.39 is 35.0 Å². The number of methoxy groups -OCH3 is 1. The van der Waals surface area contributed by atoms with E-state index in [1.54, 1.807) is 18.2 Å². The van der Waals surface area contributed by atoms with Gasteiger partial charge in [0.15, 0.2) is 0 Å². The zero-order chi connectivity index (χ0) is 22.5. The highest BCUT2D eigenvalue weighted by atomic mass is 35.5. The van der Waals surface area contributed by atoms with Gasteiger partial charge < -0.3 is 15.4 Å². The number of ether oxygens (including phenoxy) is 1. The van der Waals surface area contributed by atoms with E-state index in [0.29, 0.717) is 41.6 Å². The number of anilines is 1. The quantitative estimate of drug-likeness (QED) is 0.422. The Labute approximate surface area is 173 Å². The van der Waals surface area contributed by atoms with Crippen molar-refractivity contribution in [3.05, 3.63) is 58.1 Å². The Bertz CT molecular complexity index is 867. The van der Waals surface area contributed by atoms with Crippen molar-refractivity contribution in [2.45, 2.75) is 18.8 Å². The van der Waals surface area contributed by atoms with Gasteiger partial charge in [-0.15, -0.1) is 0 Å². The minimum Gasteiger partial charge on any atom is -0.495 e. The number of carbonyl (C=O) groups is 1. The van der Waals surface area contributed by atoms with Gasteiger partial charge in [0.1, 0.15) is 5.75 Å². The van der Waals surface area contributed by atoms with Crippen LogP contribution >= 0.6 is 11.6 Å². The lowest BCUT2D eigenvalue weighted by Crippen LogP contribution is -2.26. The lowest BCUT2D eigenvalue weighted by Gasteiger charge is -2.14. The van der Waals surface area contributed by atoms with Crippen LogP contribution in [0.3, 0.4) is 0 Å². The molecule has 2 rings (SSSR count). The first-order valence-corrected chi connectivity index (χ1v) is 8.94. The summed E-state index contributed by atoms with van der Waals surface area (Å²) < 4.78 is 82.3. The van der Waals surface area contributed by atoms with Gasteiger partial charge in [-0.1, -0.05) is 11.6 Å². The lowest BCUT2D eigenvalue weighted by atomic mass is 10.0. The molecule has 30 heavy (non-hydrogen) atoms. The monoisotopic (exact) mass is 454 g/mol. The third-order valence-corrected chi connectivity index (χ3v) is 4.28. The van der Waals surface area contributed by atoms with Crippen molar-refractivity contribution in [1.29, 1.82) is 0 Å². The van der Waals surface area contributed by atoms with E-state index in [9.17, 15) is 31.1 Å². The molecule has 11 heteroatoms. The second-order valence-corrected chi connectivity index (χ2v) is 6.59. The molecule has 0 fully saturated rings. The molecule has 0 radical (unpaired) electrons. The summed E-state index contributed by atoms with van der Waals surface area (Å²) in [5, 5.41) is 5.77. The van der Waals surface area contributed by atoms with Gasteiger partial charge in [0.2, 0.25) is 0 Å². The van der Waals surface area contributed by atoms with Crippen molar-refractivity contribution in [2.75, 3.05) is 25.5 Å². The Hall–Kier alpha value is -2.62. The summed E-state index contributed by atoms with van der Waals surface area (Å²) in [7, 11) is 1.46. The largest absolute Gasteiger partial charge is 0.495 e. The predicted molar refractivity (Wildman–Crippen MR) is 99.9 cm³/mol. The first-order chi connectivity index (χ1) is 13.9. The van der Waals surface area contributed by atoms with Crippen LogP contribution in [0.2, 0.25) is 5.02 Å². The number of halogens is 7. The number of rotatable bonds is 7. The molecule has 1 amide bonds. The molecule has 0 aliphatic carbocycles. The van der Waals surface area contributed by atoms with Crippen LogP contribution in [0.5, 0.6) is 5.75 Å². The first kappa shape index (κ1) is 23.7. The maximum absolute atomic E-state index is 12.9. The van der Waals surface area contributed by atoms with Crippen molar-refractivity contribution in [3.8, 4) is 5.75 Å². The third-order valence-electron chi connectivity index (χ3n) is 3.97. The van der Waals surface area contributed by atoms with Gasteiger partial charge in [-0.25, -0.2) is 0 Å². The molecule has 0 aliphatic heterocycles. The van der Waals surface area contributed by atoms with E-state index >= 15 is 0 Å². The van der Waals surface area contributed by atoms with Gasteiger partial charge in [-0.2, -0.15) is 26.3 Å². The van der Waals surface area contributed by atoms with Crippen LogP contribution in [0.25, 0.3) is 0 Å². The average molecular weight is 455 g/mol. The van der Waals surface area contributed by atoms with E-state index in [-0.39, 0.29) is 12.6 Å². The van der Waals surface area contributed by atoms with Gasteiger partial charge in [0, 0.05) is 30.4 Å². The maximum atomic E-state index is 12.9. The second-order valence-electron chi connectivity index (χ2n) is 6.18. The van der Waals surface area contributed by atoms with Crippen LogP contribution in [0, 0.1) is 0 Å². The number of hydrogen-bond donors (Lipinski definition) is 2. The summed E-state index contributed by atoms with van der Waals surface area (Å²) in [6.45, 7) is 0.412. The van der Waals surface area contributed by atoms with Crippen LogP contribution in [0.4, 0.5) is 32.0 Å². The van der Waals surface area contributed by atoms with E-state index in [4.69, 9.17) is 16.3 Å². The smallest absolute Gasteiger partial charge is 0.416 e. The molecule has 164 valence electrons. The van der Waals surface area contributed by atoms with Gasteiger partial charge in [0.05, 0.1) is 23.3 Å². The van der Waals surface area contributed by atoms with Crippen LogP contribution in [-0.2, 0) is 12.4 Å². The Kier molecular flexibility index (Phi) is 7.46. The SMILES string of the molecule is COc1cc(NCCCNC(=O)c2cc(C(F)(F)F)cc(C(F)(F)F)c2)ccc1Cl. The topological polar surface area (TPSA) is 50.4 Å². The van der Waals surface area contributed by atoms with E-state index in [1.165, 1.54) is 7.11 Å². The summed E-state index contributed by atoms with van der Waals surface area (Å²) in [5.74, 6) is -0.570. The molecule has 0 bridgehead atoms. The number of hydrogen-bond acceptors (Lipinski definition) is 3. The van der Waals surface area contributed by atoms with Crippen molar-refractivity contribution >= 4 is 23.2 Å². The Morgan fingerprint density at radius 2 is 1.57 bits per heavy atom. The number of alkyl halides is 6. The molecule has 0 saturated heterocycles. The van der Waals surface area contributed by atoms with Crippen LogP contribution in [-0.4, -0.2) is 26.1 Å².